The second kappa shape index (κ2) is 5.71. The maximum Gasteiger partial charge on any atom is 0.126 e. The Kier molecular flexibility index (Phi) is 4.41. The lowest BCUT2D eigenvalue weighted by Gasteiger charge is -2.40. The molecule has 4 heteroatoms. The number of hydrogen-bond acceptors (Lipinski definition) is 3. The lowest BCUT2D eigenvalue weighted by Crippen LogP contribution is -2.45. The van der Waals surface area contributed by atoms with Gasteiger partial charge in [-0.1, -0.05) is 6.92 Å². The highest BCUT2D eigenvalue weighted by Gasteiger charge is 2.28. The Morgan fingerprint density at radius 1 is 1.42 bits per heavy atom. The van der Waals surface area contributed by atoms with Crippen LogP contribution in [0.1, 0.15) is 38.0 Å². The highest BCUT2D eigenvalue weighted by molar-refractivity contribution is 8.00. The molecule has 2 rings (SSSR count). The summed E-state index contributed by atoms with van der Waals surface area (Å²) in [6.07, 6.45) is -0.651. The van der Waals surface area contributed by atoms with Gasteiger partial charge in [-0.25, -0.2) is 4.39 Å². The molecule has 0 amide bonds. The summed E-state index contributed by atoms with van der Waals surface area (Å²) in [5.41, 5.74) is 2.31. The van der Waals surface area contributed by atoms with Crippen molar-refractivity contribution in [3.05, 3.63) is 29.1 Å². The number of hydrogen-bond donors (Lipinski definition) is 1. The van der Waals surface area contributed by atoms with Gasteiger partial charge in [0.25, 0.3) is 0 Å². The Hall–Kier alpha value is -0.740. The number of rotatable bonds is 2. The van der Waals surface area contributed by atoms with Gasteiger partial charge in [0.2, 0.25) is 0 Å². The lowest BCUT2D eigenvalue weighted by atomic mass is 10.0. The molecule has 1 N–H and O–H groups in total. The quantitative estimate of drug-likeness (QED) is 0.898. The molecule has 0 spiro atoms. The zero-order valence-corrected chi connectivity index (χ0v) is 12.8. The van der Waals surface area contributed by atoms with E-state index < -0.39 is 6.10 Å². The van der Waals surface area contributed by atoms with Gasteiger partial charge >= 0.3 is 0 Å². The molecule has 1 aliphatic heterocycles. The van der Waals surface area contributed by atoms with Gasteiger partial charge in [0.05, 0.1) is 6.10 Å². The van der Waals surface area contributed by atoms with Gasteiger partial charge in [-0.3, -0.25) is 0 Å². The number of anilines is 1. The van der Waals surface area contributed by atoms with Gasteiger partial charge in [0.15, 0.2) is 0 Å². The van der Waals surface area contributed by atoms with Crippen LogP contribution in [0.2, 0.25) is 0 Å². The van der Waals surface area contributed by atoms with Crippen molar-refractivity contribution in [1.29, 1.82) is 0 Å². The van der Waals surface area contributed by atoms with Crippen molar-refractivity contribution in [2.24, 2.45) is 0 Å². The summed E-state index contributed by atoms with van der Waals surface area (Å²) in [4.78, 5) is 2.30. The SMILES string of the molecule is Cc1cc(N2CCSC(C)C2C)c([C@H](C)O)cc1F. The summed E-state index contributed by atoms with van der Waals surface area (Å²) in [6, 6.07) is 3.74. The molecule has 1 heterocycles. The molecule has 0 saturated carbocycles. The monoisotopic (exact) mass is 283 g/mol. The predicted octanol–water partition coefficient (Wildman–Crippen LogP) is 3.52. The van der Waals surface area contributed by atoms with Gasteiger partial charge in [-0.15, -0.1) is 0 Å². The third-order valence-electron chi connectivity index (χ3n) is 3.95. The zero-order valence-electron chi connectivity index (χ0n) is 12.0. The fourth-order valence-electron chi connectivity index (χ4n) is 2.54. The molecule has 0 aromatic heterocycles. The highest BCUT2D eigenvalue weighted by atomic mass is 32.2. The van der Waals surface area contributed by atoms with E-state index in [4.69, 9.17) is 0 Å². The molecule has 0 radical (unpaired) electrons. The Morgan fingerprint density at radius 3 is 2.74 bits per heavy atom. The van der Waals surface area contributed by atoms with Crippen LogP contribution in [0.3, 0.4) is 0 Å². The van der Waals surface area contributed by atoms with Gasteiger partial charge in [-0.2, -0.15) is 11.8 Å². The highest BCUT2D eigenvalue weighted by Crippen LogP contribution is 2.35. The van der Waals surface area contributed by atoms with Crippen molar-refractivity contribution in [3.8, 4) is 0 Å². The second-order valence-electron chi connectivity index (χ2n) is 5.35. The first kappa shape index (κ1) is 14.7. The third-order valence-corrected chi connectivity index (χ3v) is 5.29. The van der Waals surface area contributed by atoms with E-state index in [2.05, 4.69) is 18.7 Å². The number of thioether (sulfide) groups is 1. The Balaban J connectivity index is 2.45. The molecule has 2 unspecified atom stereocenters. The summed E-state index contributed by atoms with van der Waals surface area (Å²) >= 11 is 1.97. The summed E-state index contributed by atoms with van der Waals surface area (Å²) in [6.45, 7) is 8.83. The van der Waals surface area contributed by atoms with Crippen LogP contribution in [0.25, 0.3) is 0 Å². The first-order valence-corrected chi connectivity index (χ1v) is 7.83. The number of aliphatic hydroxyl groups excluding tert-OH is 1. The van der Waals surface area contributed by atoms with Crippen molar-refractivity contribution in [1.82, 2.24) is 0 Å². The molecule has 106 valence electrons. The van der Waals surface area contributed by atoms with E-state index in [9.17, 15) is 9.50 Å². The molecule has 1 saturated heterocycles. The average Bonchev–Trinajstić information content (AvgIpc) is 2.35. The minimum Gasteiger partial charge on any atom is -0.389 e. The molecule has 19 heavy (non-hydrogen) atoms. The molecule has 1 aromatic rings. The minimum atomic E-state index is -0.651. The number of aliphatic hydroxyl groups is 1. The Labute approximate surface area is 119 Å². The maximum atomic E-state index is 13.7. The van der Waals surface area contributed by atoms with Crippen molar-refractivity contribution in [3.63, 3.8) is 0 Å². The number of benzene rings is 1. The predicted molar refractivity (Wildman–Crippen MR) is 80.5 cm³/mol. The van der Waals surface area contributed by atoms with Crippen LogP contribution in [0.5, 0.6) is 0 Å². The van der Waals surface area contributed by atoms with E-state index in [-0.39, 0.29) is 5.82 Å². The molecule has 1 aliphatic rings. The van der Waals surface area contributed by atoms with Crippen LogP contribution in [0.15, 0.2) is 12.1 Å². The third kappa shape index (κ3) is 2.90. The van der Waals surface area contributed by atoms with Crippen molar-refractivity contribution >= 4 is 17.4 Å². The normalized spacial score (nSPS) is 25.5. The van der Waals surface area contributed by atoms with Crippen LogP contribution in [0, 0.1) is 12.7 Å². The number of aryl methyl sites for hydroxylation is 1. The van der Waals surface area contributed by atoms with E-state index in [1.807, 2.05) is 17.8 Å². The van der Waals surface area contributed by atoms with Gasteiger partial charge in [-0.05, 0) is 38.5 Å². The fraction of sp³-hybridized carbons (Fsp3) is 0.600. The van der Waals surface area contributed by atoms with Crippen LogP contribution in [-0.2, 0) is 0 Å². The summed E-state index contributed by atoms with van der Waals surface area (Å²) in [5, 5.41) is 10.4. The number of halogens is 1. The van der Waals surface area contributed by atoms with Crippen LogP contribution >= 0.6 is 11.8 Å². The molecule has 0 bridgehead atoms. The molecular weight excluding hydrogens is 261 g/mol. The Morgan fingerprint density at radius 2 is 2.11 bits per heavy atom. The molecular formula is C15H22FNOS. The van der Waals surface area contributed by atoms with Crippen LogP contribution in [-0.4, -0.2) is 28.7 Å². The number of nitrogens with zero attached hydrogens (tertiary/aromatic N) is 1. The summed E-state index contributed by atoms with van der Waals surface area (Å²) in [5.74, 6) is 0.827. The lowest BCUT2D eigenvalue weighted by molar-refractivity contribution is 0.199. The van der Waals surface area contributed by atoms with E-state index in [0.29, 0.717) is 22.4 Å². The second-order valence-corrected chi connectivity index (χ2v) is 6.83. The van der Waals surface area contributed by atoms with Crippen molar-refractivity contribution in [2.75, 3.05) is 17.2 Å². The molecule has 0 aliphatic carbocycles. The van der Waals surface area contributed by atoms with Crippen LogP contribution < -0.4 is 4.90 Å². The largest absolute Gasteiger partial charge is 0.389 e. The molecule has 1 fully saturated rings. The van der Waals surface area contributed by atoms with Gasteiger partial charge in [0, 0.05) is 34.8 Å². The van der Waals surface area contributed by atoms with Gasteiger partial charge < -0.3 is 10.0 Å². The molecule has 1 aromatic carbocycles. The van der Waals surface area contributed by atoms with Crippen LogP contribution in [0.4, 0.5) is 10.1 Å². The topological polar surface area (TPSA) is 23.5 Å². The summed E-state index contributed by atoms with van der Waals surface area (Å²) < 4.78 is 13.7. The average molecular weight is 283 g/mol. The maximum absolute atomic E-state index is 13.7. The Bertz CT molecular complexity index is 464. The van der Waals surface area contributed by atoms with E-state index >= 15 is 0 Å². The van der Waals surface area contributed by atoms with Gasteiger partial charge in [0.1, 0.15) is 5.82 Å². The van der Waals surface area contributed by atoms with Crippen molar-refractivity contribution < 1.29 is 9.50 Å². The van der Waals surface area contributed by atoms with E-state index in [1.54, 1.807) is 13.8 Å². The van der Waals surface area contributed by atoms with Crippen molar-refractivity contribution in [2.45, 2.75) is 45.1 Å². The van der Waals surface area contributed by atoms with E-state index in [0.717, 1.165) is 18.0 Å². The fourth-order valence-corrected chi connectivity index (χ4v) is 3.64. The zero-order chi connectivity index (χ0) is 14.2. The first-order valence-electron chi connectivity index (χ1n) is 6.78. The first-order chi connectivity index (χ1) is 8.91. The van der Waals surface area contributed by atoms with E-state index in [1.165, 1.54) is 6.07 Å². The smallest absolute Gasteiger partial charge is 0.126 e. The molecule has 3 atom stereocenters. The summed E-state index contributed by atoms with van der Waals surface area (Å²) in [7, 11) is 0. The molecule has 2 nitrogen and oxygen atoms in total. The standard InChI is InChI=1S/C15H22FNOS/c1-9-7-15(13(11(3)18)8-14(9)16)17-5-6-19-12(4)10(17)2/h7-8,10-12,18H,5-6H2,1-4H3/t10?,11-,12?/m0/s1. The minimum absolute atomic E-state index is 0.244.